The van der Waals surface area contributed by atoms with Crippen LogP contribution in [0.2, 0.25) is 5.02 Å². The number of halogens is 1. The van der Waals surface area contributed by atoms with Crippen molar-refractivity contribution in [1.29, 1.82) is 0 Å². The molecule has 60 valence electrons. The Morgan fingerprint density at radius 1 is 1.45 bits per heavy atom. The fourth-order valence-electron chi connectivity index (χ4n) is 0.783. The van der Waals surface area contributed by atoms with Gasteiger partial charge in [0.15, 0.2) is 0 Å². The van der Waals surface area contributed by atoms with Gasteiger partial charge in [0.05, 0.1) is 11.1 Å². The topological polar surface area (TPSA) is 40.5 Å². The number of aliphatic hydroxyl groups excluding tert-OH is 1. The van der Waals surface area contributed by atoms with Gasteiger partial charge in [0.1, 0.15) is 5.75 Å². The molecule has 0 aliphatic heterocycles. The van der Waals surface area contributed by atoms with Gasteiger partial charge in [0.25, 0.3) is 0 Å². The lowest BCUT2D eigenvalue weighted by Gasteiger charge is -2.04. The van der Waals surface area contributed by atoms with Gasteiger partial charge in [0.2, 0.25) is 0 Å². The Morgan fingerprint density at radius 3 is 2.55 bits per heavy atom. The van der Waals surface area contributed by atoms with Crippen LogP contribution in [0.1, 0.15) is 18.6 Å². The Hall–Kier alpha value is -0.730. The first-order chi connectivity index (χ1) is 5.11. The standard InChI is InChI=1S/C8H9ClO2/c1-5(10)6-2-3-8(11)7(9)4-6/h2-5,10-11H,1H3/t5-/m1/s1. The Kier molecular flexibility index (Phi) is 2.37. The Labute approximate surface area is 70.1 Å². The molecule has 0 heterocycles. The van der Waals surface area contributed by atoms with Crippen LogP contribution in [0.5, 0.6) is 5.75 Å². The highest BCUT2D eigenvalue weighted by Gasteiger charge is 2.03. The molecule has 0 bridgehead atoms. The molecule has 1 rings (SSSR count). The Morgan fingerprint density at radius 2 is 2.09 bits per heavy atom. The van der Waals surface area contributed by atoms with Crippen LogP contribution < -0.4 is 0 Å². The molecule has 0 aliphatic rings. The summed E-state index contributed by atoms with van der Waals surface area (Å²) in [5.41, 5.74) is 0.702. The van der Waals surface area contributed by atoms with Gasteiger partial charge < -0.3 is 10.2 Å². The number of benzene rings is 1. The summed E-state index contributed by atoms with van der Waals surface area (Å²) in [6, 6.07) is 4.64. The second-order valence-electron chi connectivity index (χ2n) is 2.39. The molecule has 3 heteroatoms. The molecule has 0 amide bonds. The normalized spacial score (nSPS) is 13.0. The maximum Gasteiger partial charge on any atom is 0.134 e. The minimum Gasteiger partial charge on any atom is -0.506 e. The van der Waals surface area contributed by atoms with E-state index in [1.165, 1.54) is 6.07 Å². The van der Waals surface area contributed by atoms with Crippen LogP contribution in [-0.2, 0) is 0 Å². The molecule has 0 radical (unpaired) electrons. The minimum absolute atomic E-state index is 0.0380. The van der Waals surface area contributed by atoms with E-state index in [0.717, 1.165) is 0 Å². The van der Waals surface area contributed by atoms with Crippen molar-refractivity contribution in [2.75, 3.05) is 0 Å². The highest BCUT2D eigenvalue weighted by atomic mass is 35.5. The second kappa shape index (κ2) is 3.11. The van der Waals surface area contributed by atoms with Gasteiger partial charge >= 0.3 is 0 Å². The largest absolute Gasteiger partial charge is 0.506 e. The van der Waals surface area contributed by atoms with Crippen molar-refractivity contribution >= 4 is 11.6 Å². The van der Waals surface area contributed by atoms with E-state index in [1.807, 2.05) is 0 Å². The molecule has 0 spiro atoms. The number of hydrogen-bond acceptors (Lipinski definition) is 2. The van der Waals surface area contributed by atoms with Crippen molar-refractivity contribution in [2.24, 2.45) is 0 Å². The van der Waals surface area contributed by atoms with E-state index < -0.39 is 6.10 Å². The lowest BCUT2D eigenvalue weighted by Crippen LogP contribution is -1.89. The van der Waals surface area contributed by atoms with Crippen molar-refractivity contribution in [2.45, 2.75) is 13.0 Å². The second-order valence-corrected chi connectivity index (χ2v) is 2.79. The molecule has 1 atom stereocenters. The number of aliphatic hydroxyl groups is 1. The summed E-state index contributed by atoms with van der Waals surface area (Å²) in [6.07, 6.45) is -0.548. The van der Waals surface area contributed by atoms with E-state index in [0.29, 0.717) is 5.56 Å². The van der Waals surface area contributed by atoms with E-state index in [9.17, 15) is 0 Å². The summed E-state index contributed by atoms with van der Waals surface area (Å²) in [6.45, 7) is 1.64. The fourth-order valence-corrected chi connectivity index (χ4v) is 0.972. The number of phenols is 1. The summed E-state index contributed by atoms with van der Waals surface area (Å²) in [7, 11) is 0. The van der Waals surface area contributed by atoms with Gasteiger partial charge in [-0.05, 0) is 24.6 Å². The lowest BCUT2D eigenvalue weighted by molar-refractivity contribution is 0.199. The smallest absolute Gasteiger partial charge is 0.134 e. The monoisotopic (exact) mass is 172 g/mol. The lowest BCUT2D eigenvalue weighted by atomic mass is 10.1. The summed E-state index contributed by atoms with van der Waals surface area (Å²) < 4.78 is 0. The molecule has 0 fully saturated rings. The van der Waals surface area contributed by atoms with Crippen LogP contribution >= 0.6 is 11.6 Å². The molecule has 11 heavy (non-hydrogen) atoms. The van der Waals surface area contributed by atoms with Crippen LogP contribution in [0.4, 0.5) is 0 Å². The van der Waals surface area contributed by atoms with Gasteiger partial charge in [0, 0.05) is 0 Å². The zero-order valence-electron chi connectivity index (χ0n) is 6.08. The molecule has 1 aromatic rings. The molecule has 0 aromatic heterocycles. The summed E-state index contributed by atoms with van der Waals surface area (Å²) in [4.78, 5) is 0. The number of aromatic hydroxyl groups is 1. The maximum atomic E-state index is 9.10. The van der Waals surface area contributed by atoms with Crippen molar-refractivity contribution in [1.82, 2.24) is 0 Å². The maximum absolute atomic E-state index is 9.10. The molecular formula is C8H9ClO2. The molecule has 0 saturated carbocycles. The number of rotatable bonds is 1. The first-order valence-electron chi connectivity index (χ1n) is 3.27. The third-order valence-corrected chi connectivity index (χ3v) is 1.76. The molecule has 1 aromatic carbocycles. The average molecular weight is 173 g/mol. The predicted octanol–water partition coefficient (Wildman–Crippen LogP) is 2.10. The summed E-state index contributed by atoms with van der Waals surface area (Å²) in [5.74, 6) is 0.0380. The first-order valence-corrected chi connectivity index (χ1v) is 3.65. The fraction of sp³-hybridized carbons (Fsp3) is 0.250. The van der Waals surface area contributed by atoms with Crippen LogP contribution in [0, 0.1) is 0 Å². The first kappa shape index (κ1) is 8.37. The van der Waals surface area contributed by atoms with Gasteiger partial charge in [-0.2, -0.15) is 0 Å². The van der Waals surface area contributed by atoms with E-state index in [-0.39, 0.29) is 10.8 Å². The van der Waals surface area contributed by atoms with Gasteiger partial charge in [-0.25, -0.2) is 0 Å². The SMILES string of the molecule is C[C@@H](O)c1ccc(O)c(Cl)c1. The Balaban J connectivity index is 3.05. The van der Waals surface area contributed by atoms with E-state index in [2.05, 4.69) is 0 Å². The third kappa shape index (κ3) is 1.85. The van der Waals surface area contributed by atoms with Crippen LogP contribution in [0.25, 0.3) is 0 Å². The number of phenolic OH excluding ortho intramolecular Hbond substituents is 1. The molecule has 0 unspecified atom stereocenters. The van der Waals surface area contributed by atoms with Crippen molar-refractivity contribution in [3.63, 3.8) is 0 Å². The van der Waals surface area contributed by atoms with Gasteiger partial charge in [-0.15, -0.1) is 0 Å². The van der Waals surface area contributed by atoms with Crippen LogP contribution in [0.15, 0.2) is 18.2 Å². The van der Waals surface area contributed by atoms with Crippen LogP contribution in [-0.4, -0.2) is 10.2 Å². The molecule has 0 aliphatic carbocycles. The predicted molar refractivity (Wildman–Crippen MR) is 43.8 cm³/mol. The zero-order chi connectivity index (χ0) is 8.43. The third-order valence-electron chi connectivity index (χ3n) is 1.45. The van der Waals surface area contributed by atoms with Crippen molar-refractivity contribution < 1.29 is 10.2 Å². The highest BCUT2D eigenvalue weighted by Crippen LogP contribution is 2.26. The minimum atomic E-state index is -0.548. The van der Waals surface area contributed by atoms with Crippen LogP contribution in [0.3, 0.4) is 0 Å². The van der Waals surface area contributed by atoms with E-state index in [4.69, 9.17) is 21.8 Å². The van der Waals surface area contributed by atoms with Gasteiger partial charge in [-0.1, -0.05) is 17.7 Å². The zero-order valence-corrected chi connectivity index (χ0v) is 6.84. The van der Waals surface area contributed by atoms with Crippen molar-refractivity contribution in [3.05, 3.63) is 28.8 Å². The van der Waals surface area contributed by atoms with Crippen molar-refractivity contribution in [3.8, 4) is 5.75 Å². The molecule has 2 N–H and O–H groups in total. The molecular weight excluding hydrogens is 164 g/mol. The van der Waals surface area contributed by atoms with E-state index in [1.54, 1.807) is 19.1 Å². The number of hydrogen-bond donors (Lipinski definition) is 2. The quantitative estimate of drug-likeness (QED) is 0.681. The van der Waals surface area contributed by atoms with E-state index >= 15 is 0 Å². The summed E-state index contributed by atoms with van der Waals surface area (Å²) >= 11 is 5.60. The molecule has 2 nitrogen and oxygen atoms in total. The summed E-state index contributed by atoms with van der Waals surface area (Å²) in [5, 5.41) is 18.4. The Bertz CT molecular complexity index is 258. The van der Waals surface area contributed by atoms with Gasteiger partial charge in [-0.3, -0.25) is 0 Å². The average Bonchev–Trinajstić information content (AvgIpc) is 1.94. The molecule has 0 saturated heterocycles. The highest BCUT2D eigenvalue weighted by molar-refractivity contribution is 6.32.